The molecule has 0 aliphatic heterocycles. The van der Waals surface area contributed by atoms with Gasteiger partial charge in [0.15, 0.2) is 11.5 Å². The normalized spacial score (nSPS) is 11.8. The molecule has 2 aromatic heterocycles. The van der Waals surface area contributed by atoms with Crippen LogP contribution in [0.5, 0.6) is 17.2 Å². The molecule has 0 radical (unpaired) electrons. The number of nitrogens with zero attached hydrogens (tertiary/aromatic N) is 1. The summed E-state index contributed by atoms with van der Waals surface area (Å²) in [4.78, 5) is 35.1. The fraction of sp³-hybridized carbons (Fsp3) is 0.206. The second kappa shape index (κ2) is 13.0. The number of imidazole rings is 1. The zero-order chi connectivity index (χ0) is 31.3. The van der Waals surface area contributed by atoms with Crippen LogP contribution in [0.1, 0.15) is 32.6 Å². The van der Waals surface area contributed by atoms with Crippen molar-refractivity contribution in [1.29, 1.82) is 0 Å². The Morgan fingerprint density at radius 1 is 0.818 bits per heavy atom. The summed E-state index contributed by atoms with van der Waals surface area (Å²) in [6.45, 7) is 5.12. The molecule has 0 amide bonds. The Hall–Kier alpha value is -5.09. The molecule has 5 rings (SSSR count). The van der Waals surface area contributed by atoms with Crippen LogP contribution >= 0.6 is 11.3 Å². The Kier molecular flexibility index (Phi) is 9.01. The fourth-order valence-corrected chi connectivity index (χ4v) is 5.00. The summed E-state index contributed by atoms with van der Waals surface area (Å²) in [7, 11) is 2.90. The molecule has 0 aliphatic rings. The van der Waals surface area contributed by atoms with Crippen molar-refractivity contribution >= 4 is 23.5 Å². The van der Waals surface area contributed by atoms with Gasteiger partial charge in [0, 0.05) is 16.7 Å². The summed E-state index contributed by atoms with van der Waals surface area (Å²) in [6, 6.07) is 25.9. The third-order valence-corrected chi connectivity index (χ3v) is 7.43. The van der Waals surface area contributed by atoms with Gasteiger partial charge in [-0.15, -0.1) is 11.3 Å². The van der Waals surface area contributed by atoms with E-state index in [9.17, 15) is 9.59 Å². The minimum atomic E-state index is -1.33. The topological polar surface area (TPSA) is 109 Å². The van der Waals surface area contributed by atoms with Crippen LogP contribution in [0.3, 0.4) is 0 Å². The van der Waals surface area contributed by atoms with Gasteiger partial charge in [-0.05, 0) is 44.4 Å². The van der Waals surface area contributed by atoms with Crippen LogP contribution in [0, 0.1) is 5.41 Å². The number of benzene rings is 3. The summed E-state index contributed by atoms with van der Waals surface area (Å²) in [5.41, 5.74) is 2.91. The van der Waals surface area contributed by atoms with Crippen LogP contribution in [-0.2, 0) is 14.3 Å². The molecule has 9 nitrogen and oxygen atoms in total. The van der Waals surface area contributed by atoms with Gasteiger partial charge in [-0.2, -0.15) is 0 Å². The molecule has 44 heavy (non-hydrogen) atoms. The van der Waals surface area contributed by atoms with E-state index in [1.165, 1.54) is 14.2 Å². The Morgan fingerprint density at radius 3 is 2.02 bits per heavy atom. The van der Waals surface area contributed by atoms with Crippen molar-refractivity contribution in [2.24, 2.45) is 5.41 Å². The lowest BCUT2D eigenvalue weighted by molar-refractivity contribution is -0.180. The molecule has 0 saturated heterocycles. The van der Waals surface area contributed by atoms with Crippen LogP contribution in [0.2, 0.25) is 0 Å². The van der Waals surface area contributed by atoms with Gasteiger partial charge in [0.2, 0.25) is 5.75 Å². The standard InChI is InChI=1S/C34H32N2O7S/c1-34(2,3)32(37)42-31(22-15-10-7-11-16-22)43-33(38)41-29-24(39-4)19-23(20-25(29)40-5)30-35-27(21-13-8-6-9-14-21)28(36-30)26-17-12-18-44-26/h6-20,31H,1-5H3,(H,35,36). The van der Waals surface area contributed by atoms with Crippen molar-refractivity contribution in [3.63, 3.8) is 0 Å². The minimum Gasteiger partial charge on any atom is -0.493 e. The van der Waals surface area contributed by atoms with E-state index in [1.54, 1.807) is 74.6 Å². The lowest BCUT2D eigenvalue weighted by Crippen LogP contribution is -2.27. The molecule has 1 N–H and O–H groups in total. The summed E-state index contributed by atoms with van der Waals surface area (Å²) in [5, 5.41) is 2.01. The van der Waals surface area contributed by atoms with Gasteiger partial charge in [0.1, 0.15) is 5.82 Å². The van der Waals surface area contributed by atoms with E-state index in [2.05, 4.69) is 4.98 Å². The molecule has 3 aromatic carbocycles. The highest BCUT2D eigenvalue weighted by atomic mass is 32.1. The van der Waals surface area contributed by atoms with Gasteiger partial charge >= 0.3 is 12.1 Å². The van der Waals surface area contributed by atoms with E-state index in [-0.39, 0.29) is 17.2 Å². The number of carbonyl (C=O) groups excluding carboxylic acids is 2. The number of aromatic nitrogens is 2. The molecule has 1 unspecified atom stereocenters. The molecule has 0 aliphatic carbocycles. The molecular weight excluding hydrogens is 580 g/mol. The number of thiophene rings is 1. The number of rotatable bonds is 9. The highest BCUT2D eigenvalue weighted by Crippen LogP contribution is 2.43. The molecule has 5 aromatic rings. The molecular formula is C34H32N2O7S. The number of nitrogens with one attached hydrogen (secondary N) is 1. The number of carbonyl (C=O) groups is 2. The van der Waals surface area contributed by atoms with E-state index >= 15 is 0 Å². The molecule has 0 saturated carbocycles. The van der Waals surface area contributed by atoms with Gasteiger partial charge in [-0.1, -0.05) is 66.7 Å². The van der Waals surface area contributed by atoms with Gasteiger partial charge in [0.05, 0.1) is 35.9 Å². The van der Waals surface area contributed by atoms with Gasteiger partial charge < -0.3 is 28.7 Å². The average Bonchev–Trinajstić information content (AvgIpc) is 3.72. The van der Waals surface area contributed by atoms with Crippen LogP contribution in [0.4, 0.5) is 4.79 Å². The van der Waals surface area contributed by atoms with E-state index in [4.69, 9.17) is 28.7 Å². The van der Waals surface area contributed by atoms with Crippen LogP contribution in [0.25, 0.3) is 33.2 Å². The Balaban J connectivity index is 1.46. The third kappa shape index (κ3) is 6.76. The summed E-state index contributed by atoms with van der Waals surface area (Å²) >= 11 is 1.60. The number of methoxy groups -OCH3 is 2. The molecule has 2 heterocycles. The van der Waals surface area contributed by atoms with Gasteiger partial charge in [-0.3, -0.25) is 4.79 Å². The molecule has 226 valence electrons. The maximum atomic E-state index is 13.1. The smallest absolute Gasteiger partial charge is 0.493 e. The number of H-pyrrole nitrogens is 1. The lowest BCUT2D eigenvalue weighted by Gasteiger charge is -2.23. The van der Waals surface area contributed by atoms with Crippen molar-refractivity contribution in [3.8, 4) is 50.5 Å². The highest BCUT2D eigenvalue weighted by molar-refractivity contribution is 7.13. The monoisotopic (exact) mass is 612 g/mol. The van der Waals surface area contributed by atoms with Crippen molar-refractivity contribution in [3.05, 3.63) is 95.9 Å². The first kappa shape index (κ1) is 30.4. The second-order valence-corrected chi connectivity index (χ2v) is 11.7. The van der Waals surface area contributed by atoms with Crippen LogP contribution < -0.4 is 14.2 Å². The predicted octanol–water partition coefficient (Wildman–Crippen LogP) is 8.29. The fourth-order valence-electron chi connectivity index (χ4n) is 4.27. The first-order valence-corrected chi connectivity index (χ1v) is 14.7. The number of ether oxygens (including phenoxy) is 5. The molecule has 1 atom stereocenters. The summed E-state index contributed by atoms with van der Waals surface area (Å²) < 4.78 is 27.8. The van der Waals surface area contributed by atoms with E-state index in [1.807, 2.05) is 47.8 Å². The highest BCUT2D eigenvalue weighted by Gasteiger charge is 2.30. The van der Waals surface area contributed by atoms with Crippen molar-refractivity contribution in [2.75, 3.05) is 14.2 Å². The average molecular weight is 613 g/mol. The molecule has 10 heteroatoms. The molecule has 0 spiro atoms. The number of aromatic amines is 1. The SMILES string of the molecule is COc1cc(-c2nc(-c3ccccc3)c(-c3cccs3)[nH]2)cc(OC)c1OC(=O)OC(OC(=O)C(C)(C)C)c1ccccc1. The van der Waals surface area contributed by atoms with E-state index < -0.39 is 23.8 Å². The third-order valence-electron chi connectivity index (χ3n) is 6.54. The zero-order valence-electron chi connectivity index (χ0n) is 25.0. The number of hydrogen-bond donors (Lipinski definition) is 1. The Bertz CT molecular complexity index is 1700. The minimum absolute atomic E-state index is 0.00831. The molecule has 0 fully saturated rings. The van der Waals surface area contributed by atoms with E-state index in [0.717, 1.165) is 21.8 Å². The van der Waals surface area contributed by atoms with E-state index in [0.29, 0.717) is 17.0 Å². The maximum absolute atomic E-state index is 13.1. The first-order valence-electron chi connectivity index (χ1n) is 13.8. The van der Waals surface area contributed by atoms with Crippen molar-refractivity contribution in [2.45, 2.75) is 27.1 Å². The van der Waals surface area contributed by atoms with Gasteiger partial charge in [0.25, 0.3) is 6.29 Å². The van der Waals surface area contributed by atoms with Crippen molar-refractivity contribution in [1.82, 2.24) is 9.97 Å². The number of hydrogen-bond acceptors (Lipinski definition) is 9. The van der Waals surface area contributed by atoms with Crippen LogP contribution in [-0.4, -0.2) is 36.3 Å². The largest absolute Gasteiger partial charge is 0.517 e. The molecule has 0 bridgehead atoms. The zero-order valence-corrected chi connectivity index (χ0v) is 25.8. The lowest BCUT2D eigenvalue weighted by atomic mass is 9.97. The first-order chi connectivity index (χ1) is 21.2. The Labute approximate surface area is 259 Å². The predicted molar refractivity (Wildman–Crippen MR) is 168 cm³/mol. The Morgan fingerprint density at radius 2 is 1.45 bits per heavy atom. The van der Waals surface area contributed by atoms with Crippen LogP contribution in [0.15, 0.2) is 90.3 Å². The van der Waals surface area contributed by atoms with Gasteiger partial charge in [-0.25, -0.2) is 9.78 Å². The quantitative estimate of drug-likeness (QED) is 0.101. The summed E-state index contributed by atoms with van der Waals surface area (Å²) in [6.07, 6.45) is -2.45. The second-order valence-electron chi connectivity index (χ2n) is 10.7. The van der Waals surface area contributed by atoms with Crippen molar-refractivity contribution < 1.29 is 33.3 Å². The summed E-state index contributed by atoms with van der Waals surface area (Å²) in [5.74, 6) is 0.417. The number of esters is 1. The maximum Gasteiger partial charge on any atom is 0.517 e.